The minimum Gasteiger partial charge on any atom is -0.505 e. The third-order valence-electron chi connectivity index (χ3n) is 3.30. The van der Waals surface area contributed by atoms with E-state index in [4.69, 9.17) is 0 Å². The number of hydrogen-bond acceptors (Lipinski definition) is 4. The first-order valence-electron chi connectivity index (χ1n) is 6.31. The van der Waals surface area contributed by atoms with Gasteiger partial charge in [0.05, 0.1) is 0 Å². The first kappa shape index (κ1) is 13.3. The standard InChI is InChI=1S/C13H17N3O3/c1-14-12(18)9-5-2-3-8-16(9)13(19)11-10(17)6-4-7-15-11/h4,6-7,9,17H,2-3,5,8H2,1H3,(H,14,18)/t9-/m1/s1. The van der Waals surface area contributed by atoms with Crippen molar-refractivity contribution in [3.63, 3.8) is 0 Å². The molecule has 6 nitrogen and oxygen atoms in total. The van der Waals surface area contributed by atoms with Gasteiger partial charge in [-0.1, -0.05) is 0 Å². The van der Waals surface area contributed by atoms with E-state index in [1.165, 1.54) is 17.2 Å². The Bertz CT molecular complexity index is 490. The summed E-state index contributed by atoms with van der Waals surface area (Å²) >= 11 is 0. The normalized spacial score (nSPS) is 19.0. The van der Waals surface area contributed by atoms with Gasteiger partial charge >= 0.3 is 0 Å². The average molecular weight is 263 g/mol. The lowest BCUT2D eigenvalue weighted by molar-refractivity contribution is -0.126. The SMILES string of the molecule is CNC(=O)[C@H]1CCCCN1C(=O)c1ncccc1O. The number of carbonyl (C=O) groups excluding carboxylic acids is 2. The molecule has 0 unspecified atom stereocenters. The fourth-order valence-electron chi connectivity index (χ4n) is 2.31. The lowest BCUT2D eigenvalue weighted by Crippen LogP contribution is -2.51. The summed E-state index contributed by atoms with van der Waals surface area (Å²) in [6, 6.07) is 2.49. The Labute approximate surface area is 111 Å². The molecule has 2 N–H and O–H groups in total. The molecule has 1 aromatic heterocycles. The second-order valence-electron chi connectivity index (χ2n) is 4.50. The van der Waals surface area contributed by atoms with Crippen molar-refractivity contribution in [2.24, 2.45) is 0 Å². The topological polar surface area (TPSA) is 82.5 Å². The van der Waals surface area contributed by atoms with Crippen LogP contribution in [0.25, 0.3) is 0 Å². The molecule has 6 heteroatoms. The number of likely N-dealkylation sites (tertiary alicyclic amines) is 1. The van der Waals surface area contributed by atoms with Crippen molar-refractivity contribution in [3.05, 3.63) is 24.0 Å². The van der Waals surface area contributed by atoms with Gasteiger partial charge in [-0.25, -0.2) is 4.98 Å². The second-order valence-corrected chi connectivity index (χ2v) is 4.50. The molecule has 2 amide bonds. The number of likely N-dealkylation sites (N-methyl/N-ethyl adjacent to an activating group) is 1. The molecule has 2 rings (SSSR count). The first-order valence-corrected chi connectivity index (χ1v) is 6.31. The number of nitrogens with zero attached hydrogens (tertiary/aromatic N) is 2. The Kier molecular flexibility index (Phi) is 3.99. The zero-order valence-corrected chi connectivity index (χ0v) is 10.8. The van der Waals surface area contributed by atoms with Crippen LogP contribution in [0.15, 0.2) is 18.3 Å². The summed E-state index contributed by atoms with van der Waals surface area (Å²) in [6.07, 6.45) is 3.85. The Morgan fingerprint density at radius 2 is 2.26 bits per heavy atom. The molecular formula is C13H17N3O3. The van der Waals surface area contributed by atoms with Crippen LogP contribution in [0.4, 0.5) is 0 Å². The number of aromatic hydroxyl groups is 1. The van der Waals surface area contributed by atoms with Crippen molar-refractivity contribution in [2.75, 3.05) is 13.6 Å². The van der Waals surface area contributed by atoms with Crippen molar-refractivity contribution in [3.8, 4) is 5.75 Å². The molecule has 2 heterocycles. The van der Waals surface area contributed by atoms with E-state index in [-0.39, 0.29) is 17.4 Å². The monoisotopic (exact) mass is 263 g/mol. The number of hydrogen-bond donors (Lipinski definition) is 2. The highest BCUT2D eigenvalue weighted by Crippen LogP contribution is 2.22. The summed E-state index contributed by atoms with van der Waals surface area (Å²) in [5.41, 5.74) is -0.00157. The second kappa shape index (κ2) is 5.69. The van der Waals surface area contributed by atoms with Crippen LogP contribution in [0.1, 0.15) is 29.8 Å². The van der Waals surface area contributed by atoms with E-state index in [1.54, 1.807) is 13.1 Å². The Hall–Kier alpha value is -2.11. The highest BCUT2D eigenvalue weighted by molar-refractivity contribution is 5.98. The molecule has 1 fully saturated rings. The van der Waals surface area contributed by atoms with Gasteiger partial charge in [0.25, 0.3) is 5.91 Å². The third kappa shape index (κ3) is 2.67. The van der Waals surface area contributed by atoms with Crippen molar-refractivity contribution in [1.82, 2.24) is 15.2 Å². The summed E-state index contributed by atoms with van der Waals surface area (Å²) in [4.78, 5) is 29.6. The van der Waals surface area contributed by atoms with E-state index < -0.39 is 11.9 Å². The minimum atomic E-state index is -0.479. The van der Waals surface area contributed by atoms with E-state index in [0.717, 1.165) is 12.8 Å². The molecule has 19 heavy (non-hydrogen) atoms. The maximum absolute atomic E-state index is 12.4. The maximum Gasteiger partial charge on any atom is 0.276 e. The Morgan fingerprint density at radius 1 is 1.47 bits per heavy atom. The van der Waals surface area contributed by atoms with Crippen LogP contribution in [0.3, 0.4) is 0 Å². The zero-order valence-electron chi connectivity index (χ0n) is 10.8. The predicted octanol–water partition coefficient (Wildman–Crippen LogP) is 0.528. The summed E-state index contributed by atoms with van der Waals surface area (Å²) in [5, 5.41) is 12.3. The van der Waals surface area contributed by atoms with Gasteiger partial charge in [-0.2, -0.15) is 0 Å². The molecule has 1 saturated heterocycles. The van der Waals surface area contributed by atoms with Crippen molar-refractivity contribution < 1.29 is 14.7 Å². The van der Waals surface area contributed by atoms with Gasteiger partial charge in [-0.3, -0.25) is 9.59 Å². The molecule has 0 aliphatic carbocycles. The van der Waals surface area contributed by atoms with Crippen LogP contribution < -0.4 is 5.32 Å². The summed E-state index contributed by atoms with van der Waals surface area (Å²) in [6.45, 7) is 0.507. The van der Waals surface area contributed by atoms with Crippen molar-refractivity contribution >= 4 is 11.8 Å². The quantitative estimate of drug-likeness (QED) is 0.815. The maximum atomic E-state index is 12.4. The molecule has 0 aromatic carbocycles. The van der Waals surface area contributed by atoms with Crippen LogP contribution in [0.2, 0.25) is 0 Å². The van der Waals surface area contributed by atoms with Crippen LogP contribution >= 0.6 is 0 Å². The molecule has 0 bridgehead atoms. The van der Waals surface area contributed by atoms with Gasteiger partial charge in [0.15, 0.2) is 5.69 Å². The fraction of sp³-hybridized carbons (Fsp3) is 0.462. The fourth-order valence-corrected chi connectivity index (χ4v) is 2.31. The molecule has 0 radical (unpaired) electrons. The number of rotatable bonds is 2. The van der Waals surface area contributed by atoms with Crippen molar-refractivity contribution in [2.45, 2.75) is 25.3 Å². The molecule has 1 aliphatic heterocycles. The van der Waals surface area contributed by atoms with Gasteiger partial charge < -0.3 is 15.3 Å². The van der Waals surface area contributed by atoms with Crippen LogP contribution in [0.5, 0.6) is 5.75 Å². The number of piperidine rings is 1. The summed E-state index contributed by atoms with van der Waals surface area (Å²) < 4.78 is 0. The van der Waals surface area contributed by atoms with Gasteiger partial charge in [0.2, 0.25) is 5.91 Å². The Balaban J connectivity index is 2.25. The first-order chi connectivity index (χ1) is 9.15. The lowest BCUT2D eigenvalue weighted by atomic mass is 10.0. The number of nitrogens with one attached hydrogen (secondary N) is 1. The van der Waals surface area contributed by atoms with E-state index in [2.05, 4.69) is 10.3 Å². The third-order valence-corrected chi connectivity index (χ3v) is 3.30. The highest BCUT2D eigenvalue weighted by atomic mass is 16.3. The number of carbonyl (C=O) groups is 2. The largest absolute Gasteiger partial charge is 0.505 e. The van der Waals surface area contributed by atoms with E-state index in [0.29, 0.717) is 13.0 Å². The molecule has 1 atom stereocenters. The molecule has 102 valence electrons. The molecule has 1 aliphatic rings. The van der Waals surface area contributed by atoms with Crippen molar-refractivity contribution in [1.29, 1.82) is 0 Å². The van der Waals surface area contributed by atoms with Gasteiger partial charge in [-0.05, 0) is 31.4 Å². The smallest absolute Gasteiger partial charge is 0.276 e. The Morgan fingerprint density at radius 3 is 2.95 bits per heavy atom. The van der Waals surface area contributed by atoms with E-state index in [1.807, 2.05) is 0 Å². The zero-order chi connectivity index (χ0) is 13.8. The number of pyridine rings is 1. The molecule has 1 aromatic rings. The molecule has 0 spiro atoms. The molecule has 0 saturated carbocycles. The number of amides is 2. The number of aromatic nitrogens is 1. The summed E-state index contributed by atoms with van der Waals surface area (Å²) in [5.74, 6) is -0.733. The van der Waals surface area contributed by atoms with Crippen LogP contribution in [-0.4, -0.2) is 46.4 Å². The van der Waals surface area contributed by atoms with Gasteiger partial charge in [0.1, 0.15) is 11.8 Å². The van der Waals surface area contributed by atoms with Crippen LogP contribution in [-0.2, 0) is 4.79 Å². The van der Waals surface area contributed by atoms with Crippen LogP contribution in [0, 0.1) is 0 Å². The van der Waals surface area contributed by atoms with E-state index in [9.17, 15) is 14.7 Å². The lowest BCUT2D eigenvalue weighted by Gasteiger charge is -2.34. The minimum absolute atomic E-state index is 0.00157. The van der Waals surface area contributed by atoms with Gasteiger partial charge in [-0.15, -0.1) is 0 Å². The predicted molar refractivity (Wildman–Crippen MR) is 68.6 cm³/mol. The average Bonchev–Trinajstić information content (AvgIpc) is 2.46. The molecular weight excluding hydrogens is 246 g/mol. The van der Waals surface area contributed by atoms with Gasteiger partial charge in [0, 0.05) is 19.8 Å². The highest BCUT2D eigenvalue weighted by Gasteiger charge is 2.33. The summed E-state index contributed by atoms with van der Waals surface area (Å²) in [7, 11) is 1.55. The van der Waals surface area contributed by atoms with E-state index >= 15 is 0 Å².